The molecule has 48 valence electrons. The molecule has 0 aromatic rings. The van der Waals surface area contributed by atoms with Crippen LogP contribution in [0.2, 0.25) is 0 Å². The van der Waals surface area contributed by atoms with Gasteiger partial charge in [-0.3, -0.25) is 4.79 Å². The van der Waals surface area contributed by atoms with Gasteiger partial charge in [-0.2, -0.15) is 0 Å². The van der Waals surface area contributed by atoms with Crippen LogP contribution in [-0.2, 0) is 4.79 Å². The molecule has 0 saturated carbocycles. The lowest BCUT2D eigenvalue weighted by Gasteiger charge is -2.12. The molecule has 0 fully saturated rings. The third-order valence-electron chi connectivity index (χ3n) is 1.10. The number of amides is 1. The fourth-order valence-electron chi connectivity index (χ4n) is 0.493. The molecule has 0 saturated heterocycles. The van der Waals surface area contributed by atoms with Crippen LogP contribution in [0.4, 0.5) is 0 Å². The number of carbonyl (C=O) groups excluding carboxylic acids is 1. The molecule has 0 radical (unpaired) electrons. The maximum Gasteiger partial charge on any atom is 0.210 e. The summed E-state index contributed by atoms with van der Waals surface area (Å²) in [4.78, 5) is 10.5. The Balaban J connectivity index is 3.32. The molecule has 0 aliphatic heterocycles. The van der Waals surface area contributed by atoms with Crippen molar-refractivity contribution in [3.05, 3.63) is 0 Å². The van der Waals surface area contributed by atoms with Gasteiger partial charge in [0, 0.05) is 13.5 Å². The average molecular weight is 131 g/mol. The van der Waals surface area contributed by atoms with Crippen LogP contribution in [0.1, 0.15) is 20.3 Å². The third-order valence-corrected chi connectivity index (χ3v) is 2.17. The molecular weight excluding hydrogens is 118 g/mol. The van der Waals surface area contributed by atoms with Crippen LogP contribution in [0.3, 0.4) is 0 Å². The lowest BCUT2D eigenvalue weighted by Crippen LogP contribution is -2.25. The summed E-state index contributed by atoms with van der Waals surface area (Å²) in [6, 6.07) is 0. The van der Waals surface area contributed by atoms with Gasteiger partial charge in [-0.1, -0.05) is 6.92 Å². The zero-order valence-electron chi connectivity index (χ0n) is 5.77. The van der Waals surface area contributed by atoms with Crippen LogP contribution in [-0.4, -0.2) is 27.4 Å². The first kappa shape index (κ1) is 7.69. The average Bonchev–Trinajstić information content (AvgIpc) is 1.67. The van der Waals surface area contributed by atoms with E-state index in [4.69, 9.17) is 0 Å². The Morgan fingerprint density at radius 1 is 1.75 bits per heavy atom. The Kier molecular flexibility index (Phi) is 3.52. The minimum absolute atomic E-state index is 0.207. The Morgan fingerprint density at radius 2 is 2.25 bits per heavy atom. The maximum atomic E-state index is 10.5. The molecule has 3 heteroatoms. The largest absolute Gasteiger partial charge is 0.378 e. The van der Waals surface area contributed by atoms with Gasteiger partial charge in [0.15, 0.2) is 0 Å². The van der Waals surface area contributed by atoms with Gasteiger partial charge in [0.05, 0.1) is 0 Å². The minimum Gasteiger partial charge on any atom is -0.378 e. The van der Waals surface area contributed by atoms with Gasteiger partial charge >= 0.3 is 0 Å². The normalized spacial score (nSPS) is 9.25. The van der Waals surface area contributed by atoms with E-state index in [9.17, 15) is 4.79 Å². The highest BCUT2D eigenvalue weighted by molar-refractivity contribution is 6.13. The first-order chi connectivity index (χ1) is 3.68. The lowest BCUT2D eigenvalue weighted by molar-refractivity contribution is -0.124. The van der Waals surface area contributed by atoms with Gasteiger partial charge in [0.1, 0.15) is 10.4 Å². The molecule has 0 aromatic carbocycles. The second-order valence-electron chi connectivity index (χ2n) is 1.94. The SMILES string of the molecule is CCCN([SiH3])C(C)=O. The molecule has 0 aliphatic carbocycles. The van der Waals surface area contributed by atoms with Gasteiger partial charge < -0.3 is 4.57 Å². The highest BCUT2D eigenvalue weighted by atomic mass is 28.2. The fourth-order valence-corrected chi connectivity index (χ4v) is 0.940. The van der Waals surface area contributed by atoms with Crippen LogP contribution >= 0.6 is 0 Å². The van der Waals surface area contributed by atoms with Crippen molar-refractivity contribution in [3.63, 3.8) is 0 Å². The van der Waals surface area contributed by atoms with E-state index in [0.29, 0.717) is 0 Å². The molecule has 0 atom stereocenters. The first-order valence-corrected chi connectivity index (χ1v) is 3.79. The topological polar surface area (TPSA) is 20.3 Å². The number of hydrogen-bond acceptors (Lipinski definition) is 1. The summed E-state index contributed by atoms with van der Waals surface area (Å²) in [6.45, 7) is 4.62. The second-order valence-corrected chi connectivity index (χ2v) is 3.02. The summed E-state index contributed by atoms with van der Waals surface area (Å²) >= 11 is 0. The van der Waals surface area contributed by atoms with Crippen LogP contribution in [0.5, 0.6) is 0 Å². The molecule has 2 nitrogen and oxygen atoms in total. The zero-order chi connectivity index (χ0) is 6.57. The smallest absolute Gasteiger partial charge is 0.210 e. The van der Waals surface area contributed by atoms with Gasteiger partial charge in [0.2, 0.25) is 5.91 Å². The van der Waals surface area contributed by atoms with Gasteiger partial charge in [-0.15, -0.1) is 0 Å². The highest BCUT2D eigenvalue weighted by Crippen LogP contribution is 1.83. The predicted molar refractivity (Wildman–Crippen MR) is 37.6 cm³/mol. The molecule has 0 spiro atoms. The molecule has 0 N–H and O–H groups in total. The molecule has 0 aromatic heterocycles. The Labute approximate surface area is 53.4 Å². The van der Waals surface area contributed by atoms with E-state index in [1.165, 1.54) is 0 Å². The quantitative estimate of drug-likeness (QED) is 0.464. The minimum atomic E-state index is 0.207. The maximum absolute atomic E-state index is 10.5. The van der Waals surface area contributed by atoms with Crippen LogP contribution < -0.4 is 0 Å². The Morgan fingerprint density at radius 3 is 2.38 bits per heavy atom. The number of nitrogens with zero attached hydrogens (tertiary/aromatic N) is 1. The van der Waals surface area contributed by atoms with Crippen molar-refractivity contribution in [2.45, 2.75) is 20.3 Å². The molecule has 0 bridgehead atoms. The molecule has 8 heavy (non-hydrogen) atoms. The van der Waals surface area contributed by atoms with Crippen molar-refractivity contribution in [2.24, 2.45) is 0 Å². The van der Waals surface area contributed by atoms with E-state index >= 15 is 0 Å². The second kappa shape index (κ2) is 3.66. The van der Waals surface area contributed by atoms with Crippen LogP contribution in [0.15, 0.2) is 0 Å². The highest BCUT2D eigenvalue weighted by Gasteiger charge is 1.96. The van der Waals surface area contributed by atoms with Gasteiger partial charge in [0.25, 0.3) is 0 Å². The summed E-state index contributed by atoms with van der Waals surface area (Å²) < 4.78 is 1.85. The van der Waals surface area contributed by atoms with Crippen molar-refractivity contribution in [1.82, 2.24) is 4.57 Å². The Bertz CT molecular complexity index is 84.5. The van der Waals surface area contributed by atoms with Crippen molar-refractivity contribution in [2.75, 3.05) is 6.54 Å². The van der Waals surface area contributed by atoms with Gasteiger partial charge in [-0.05, 0) is 6.42 Å². The fraction of sp³-hybridized carbons (Fsp3) is 0.800. The summed E-state index contributed by atoms with van der Waals surface area (Å²) in [5.74, 6) is 0.207. The number of hydrogen-bond donors (Lipinski definition) is 0. The van der Waals surface area contributed by atoms with Gasteiger partial charge in [-0.25, -0.2) is 0 Å². The summed E-state index contributed by atoms with van der Waals surface area (Å²) in [5, 5.41) is 0. The summed E-state index contributed by atoms with van der Waals surface area (Å²) in [6.07, 6.45) is 1.07. The monoisotopic (exact) mass is 131 g/mol. The molecule has 0 unspecified atom stereocenters. The molecule has 1 amide bonds. The van der Waals surface area contributed by atoms with E-state index in [-0.39, 0.29) is 5.91 Å². The lowest BCUT2D eigenvalue weighted by atomic mass is 10.5. The van der Waals surface area contributed by atoms with E-state index in [1.54, 1.807) is 6.92 Å². The molecule has 0 heterocycles. The molecular formula is C5H13NOSi. The van der Waals surface area contributed by atoms with Crippen molar-refractivity contribution >= 4 is 16.3 Å². The number of rotatable bonds is 2. The van der Waals surface area contributed by atoms with Crippen molar-refractivity contribution in [1.29, 1.82) is 0 Å². The molecule has 0 rings (SSSR count). The van der Waals surface area contributed by atoms with E-state index in [2.05, 4.69) is 6.92 Å². The Hall–Kier alpha value is -0.313. The van der Waals surface area contributed by atoms with Crippen LogP contribution in [0, 0.1) is 0 Å². The summed E-state index contributed by atoms with van der Waals surface area (Å²) in [5.41, 5.74) is 0. The third kappa shape index (κ3) is 2.79. The number of carbonyl (C=O) groups is 1. The summed E-state index contributed by atoms with van der Waals surface area (Å²) in [7, 11) is 0.867. The van der Waals surface area contributed by atoms with E-state index < -0.39 is 0 Å². The zero-order valence-corrected chi connectivity index (χ0v) is 7.77. The van der Waals surface area contributed by atoms with E-state index in [1.807, 2.05) is 4.57 Å². The van der Waals surface area contributed by atoms with Crippen molar-refractivity contribution in [3.8, 4) is 0 Å². The predicted octanol–water partition coefficient (Wildman–Crippen LogP) is -0.475. The molecule has 0 aliphatic rings. The van der Waals surface area contributed by atoms with Crippen LogP contribution in [0.25, 0.3) is 0 Å². The van der Waals surface area contributed by atoms with E-state index in [0.717, 1.165) is 23.4 Å². The standard InChI is InChI=1S/C5H13NOSi/c1-3-4-6(8)5(2)7/h3-4H2,1-2,8H3. The first-order valence-electron chi connectivity index (χ1n) is 2.90. The van der Waals surface area contributed by atoms with Crippen molar-refractivity contribution < 1.29 is 4.79 Å².